The Hall–Kier alpha value is -3.36. The van der Waals surface area contributed by atoms with Crippen LogP contribution in [0.25, 0.3) is 0 Å². The number of nitrogens with one attached hydrogen (secondary N) is 1. The lowest BCUT2D eigenvalue weighted by Crippen LogP contribution is -2.52. The van der Waals surface area contributed by atoms with Gasteiger partial charge in [-0.3, -0.25) is 13.9 Å². The van der Waals surface area contributed by atoms with Crippen LogP contribution in [0.1, 0.15) is 32.3 Å². The van der Waals surface area contributed by atoms with Crippen molar-refractivity contribution in [1.82, 2.24) is 10.2 Å². The molecule has 0 heterocycles. The zero-order valence-electron chi connectivity index (χ0n) is 21.7. The van der Waals surface area contributed by atoms with Gasteiger partial charge in [-0.15, -0.1) is 0 Å². The number of carbonyl (C=O) groups is 2. The summed E-state index contributed by atoms with van der Waals surface area (Å²) in [5.41, 5.74) is 1.31. The third-order valence-corrected chi connectivity index (χ3v) is 8.25. The molecule has 9 heteroatoms. The zero-order valence-corrected chi connectivity index (χ0v) is 23.3. The van der Waals surface area contributed by atoms with Crippen LogP contribution in [0.4, 0.5) is 5.69 Å². The van der Waals surface area contributed by atoms with Gasteiger partial charge in [0, 0.05) is 18.1 Å². The van der Waals surface area contributed by atoms with Gasteiger partial charge in [-0.25, -0.2) is 8.42 Å². The Labute approximate surface area is 230 Å². The van der Waals surface area contributed by atoms with Crippen molar-refractivity contribution in [3.8, 4) is 0 Å². The summed E-state index contributed by atoms with van der Waals surface area (Å²) in [5.74, 6) is -0.752. The predicted molar refractivity (Wildman–Crippen MR) is 152 cm³/mol. The Morgan fingerprint density at radius 2 is 1.53 bits per heavy atom. The molecular weight excluding hydrogens is 522 g/mol. The number of benzene rings is 3. The quantitative estimate of drug-likeness (QED) is 0.304. The van der Waals surface area contributed by atoms with Gasteiger partial charge in [-0.05, 0) is 61.7 Å². The Morgan fingerprint density at radius 1 is 0.921 bits per heavy atom. The number of sulfonamides is 1. The minimum Gasteiger partial charge on any atom is -0.354 e. The summed E-state index contributed by atoms with van der Waals surface area (Å²) in [5, 5.41) is 3.33. The highest BCUT2D eigenvalue weighted by Gasteiger charge is 2.32. The van der Waals surface area contributed by atoms with Crippen LogP contribution in [-0.2, 0) is 26.0 Å². The molecule has 0 radical (unpaired) electrons. The number of nitrogens with zero attached hydrogens (tertiary/aromatic N) is 2. The Balaban J connectivity index is 1.92. The molecule has 7 nitrogen and oxygen atoms in total. The summed E-state index contributed by atoms with van der Waals surface area (Å²) in [6.07, 6.45) is 2.28. The van der Waals surface area contributed by atoms with Gasteiger partial charge in [0.15, 0.2) is 0 Å². The minimum atomic E-state index is -4.08. The first kappa shape index (κ1) is 29.2. The summed E-state index contributed by atoms with van der Waals surface area (Å²) < 4.78 is 28.4. The van der Waals surface area contributed by atoms with E-state index in [-0.39, 0.29) is 17.3 Å². The molecule has 2 amide bonds. The van der Waals surface area contributed by atoms with Crippen molar-refractivity contribution in [1.29, 1.82) is 0 Å². The molecule has 202 valence electrons. The maximum absolute atomic E-state index is 13.8. The van der Waals surface area contributed by atoms with Crippen molar-refractivity contribution in [2.24, 2.45) is 0 Å². The van der Waals surface area contributed by atoms with E-state index in [9.17, 15) is 18.0 Å². The highest BCUT2D eigenvalue weighted by molar-refractivity contribution is 7.92. The Bertz CT molecular complexity index is 1290. The molecule has 3 rings (SSSR count). The molecule has 0 aliphatic carbocycles. The van der Waals surface area contributed by atoms with Gasteiger partial charge >= 0.3 is 0 Å². The molecule has 3 aromatic rings. The second-order valence-corrected chi connectivity index (χ2v) is 11.2. The van der Waals surface area contributed by atoms with E-state index in [0.29, 0.717) is 23.7 Å². The van der Waals surface area contributed by atoms with Gasteiger partial charge < -0.3 is 10.2 Å². The number of hydrogen-bond acceptors (Lipinski definition) is 4. The predicted octanol–water partition coefficient (Wildman–Crippen LogP) is 4.91. The average molecular weight is 556 g/mol. The fourth-order valence-electron chi connectivity index (χ4n) is 3.96. The molecule has 0 aliphatic heterocycles. The smallest absolute Gasteiger partial charge is 0.264 e. The first-order valence-electron chi connectivity index (χ1n) is 12.7. The van der Waals surface area contributed by atoms with Gasteiger partial charge in [-0.1, -0.05) is 73.5 Å². The molecule has 0 spiro atoms. The maximum atomic E-state index is 13.8. The standard InChI is InChI=1S/C29H34ClN3O4S/c1-3-4-20-31-29(35)23(2)32(21-19-24-11-7-5-8-12-24)28(34)22-33(26-17-15-25(30)16-18-26)38(36,37)27-13-9-6-10-14-27/h5-18,23H,3-4,19-22H2,1-2H3,(H,31,35). The number of halogens is 1. The van der Waals surface area contributed by atoms with Crippen molar-refractivity contribution in [2.75, 3.05) is 23.9 Å². The molecule has 3 aromatic carbocycles. The number of carbonyl (C=O) groups excluding carboxylic acids is 2. The third kappa shape index (κ3) is 7.82. The van der Waals surface area contributed by atoms with E-state index in [2.05, 4.69) is 5.32 Å². The monoisotopic (exact) mass is 555 g/mol. The minimum absolute atomic E-state index is 0.0592. The fourth-order valence-corrected chi connectivity index (χ4v) is 5.52. The first-order valence-corrected chi connectivity index (χ1v) is 14.5. The lowest BCUT2D eigenvalue weighted by molar-refractivity contribution is -0.138. The highest BCUT2D eigenvalue weighted by atomic mass is 35.5. The van der Waals surface area contributed by atoms with Gasteiger partial charge in [0.1, 0.15) is 12.6 Å². The molecule has 0 saturated carbocycles. The molecule has 1 unspecified atom stereocenters. The average Bonchev–Trinajstić information content (AvgIpc) is 2.93. The topological polar surface area (TPSA) is 86.8 Å². The summed E-state index contributed by atoms with van der Waals surface area (Å²) in [6, 6.07) is 23.1. The second-order valence-electron chi connectivity index (χ2n) is 8.94. The zero-order chi connectivity index (χ0) is 27.5. The molecule has 1 N–H and O–H groups in total. The molecule has 0 bridgehead atoms. The number of rotatable bonds is 13. The first-order chi connectivity index (χ1) is 18.2. The second kappa shape index (κ2) is 14.0. The summed E-state index contributed by atoms with van der Waals surface area (Å²) in [7, 11) is -4.08. The van der Waals surface area contributed by atoms with E-state index in [4.69, 9.17) is 11.6 Å². The van der Waals surface area contributed by atoms with Crippen LogP contribution < -0.4 is 9.62 Å². The van der Waals surface area contributed by atoms with E-state index in [0.717, 1.165) is 22.7 Å². The van der Waals surface area contributed by atoms with Crippen LogP contribution >= 0.6 is 11.6 Å². The molecule has 0 saturated heterocycles. The van der Waals surface area contributed by atoms with Crippen LogP contribution in [0.15, 0.2) is 89.8 Å². The molecule has 0 aliphatic rings. The van der Waals surface area contributed by atoms with Crippen molar-refractivity contribution in [3.63, 3.8) is 0 Å². The molecule has 0 aromatic heterocycles. The normalized spacial score (nSPS) is 12.0. The lowest BCUT2D eigenvalue weighted by Gasteiger charge is -2.32. The van der Waals surface area contributed by atoms with Gasteiger partial charge in [0.05, 0.1) is 10.6 Å². The van der Waals surface area contributed by atoms with Crippen LogP contribution in [0.3, 0.4) is 0 Å². The maximum Gasteiger partial charge on any atom is 0.264 e. The number of unbranched alkanes of at least 4 members (excludes halogenated alkanes) is 1. The fraction of sp³-hybridized carbons (Fsp3) is 0.310. The van der Waals surface area contributed by atoms with Crippen LogP contribution in [0.5, 0.6) is 0 Å². The number of amides is 2. The van der Waals surface area contributed by atoms with E-state index in [1.165, 1.54) is 17.0 Å². The summed E-state index contributed by atoms with van der Waals surface area (Å²) in [4.78, 5) is 28.2. The molecule has 1 atom stereocenters. The van der Waals surface area contributed by atoms with Gasteiger partial charge in [-0.2, -0.15) is 0 Å². The lowest BCUT2D eigenvalue weighted by atomic mass is 10.1. The molecule has 38 heavy (non-hydrogen) atoms. The van der Waals surface area contributed by atoms with Gasteiger partial charge in [0.25, 0.3) is 10.0 Å². The van der Waals surface area contributed by atoms with E-state index < -0.39 is 28.5 Å². The Kier molecular flexibility index (Phi) is 10.7. The highest BCUT2D eigenvalue weighted by Crippen LogP contribution is 2.25. The van der Waals surface area contributed by atoms with Crippen LogP contribution in [-0.4, -0.2) is 50.8 Å². The van der Waals surface area contributed by atoms with Crippen molar-refractivity contribution in [2.45, 2.75) is 44.0 Å². The van der Waals surface area contributed by atoms with E-state index in [1.807, 2.05) is 37.3 Å². The van der Waals surface area contributed by atoms with Crippen molar-refractivity contribution >= 4 is 39.1 Å². The number of hydrogen-bond donors (Lipinski definition) is 1. The SMILES string of the molecule is CCCCNC(=O)C(C)N(CCc1ccccc1)C(=O)CN(c1ccc(Cl)cc1)S(=O)(=O)c1ccccc1. The largest absolute Gasteiger partial charge is 0.354 e. The van der Waals surface area contributed by atoms with E-state index in [1.54, 1.807) is 49.4 Å². The van der Waals surface area contributed by atoms with E-state index >= 15 is 0 Å². The molecular formula is C29H34ClN3O4S. The van der Waals surface area contributed by atoms with Crippen molar-refractivity contribution < 1.29 is 18.0 Å². The third-order valence-electron chi connectivity index (χ3n) is 6.21. The summed E-state index contributed by atoms with van der Waals surface area (Å²) in [6.45, 7) is 4.00. The van der Waals surface area contributed by atoms with Crippen LogP contribution in [0.2, 0.25) is 5.02 Å². The number of anilines is 1. The molecule has 0 fully saturated rings. The van der Waals surface area contributed by atoms with Crippen LogP contribution in [0, 0.1) is 0 Å². The Morgan fingerprint density at radius 3 is 2.13 bits per heavy atom. The summed E-state index contributed by atoms with van der Waals surface area (Å²) >= 11 is 6.04. The van der Waals surface area contributed by atoms with Gasteiger partial charge in [0.2, 0.25) is 11.8 Å². The van der Waals surface area contributed by atoms with Crippen molar-refractivity contribution in [3.05, 3.63) is 95.5 Å².